The van der Waals surface area contributed by atoms with Gasteiger partial charge in [-0.15, -0.1) is 0 Å². The fourth-order valence-electron chi connectivity index (χ4n) is 2.79. The number of thioether (sulfide) groups is 1. The fourth-order valence-corrected chi connectivity index (χ4v) is 3.66. The van der Waals surface area contributed by atoms with E-state index in [1.807, 2.05) is 0 Å². The third-order valence-corrected chi connectivity index (χ3v) is 5.33. The predicted octanol–water partition coefficient (Wildman–Crippen LogP) is 3.87. The summed E-state index contributed by atoms with van der Waals surface area (Å²) >= 11 is 0.878. The Balaban J connectivity index is 1.71. The van der Waals surface area contributed by atoms with E-state index in [0.717, 1.165) is 22.2 Å². The standard InChI is InChI=1S/C21H20N2O7S/c1-28-10-9-22-20(24)19(31-21(22)25)12-15-5-8-17(18(11-15)29-2)30-13-14-3-6-16(7-4-14)23(26)27/h3-8,11-12H,9-10,13H2,1-2H3/b19-12+. The number of hydrogen-bond donors (Lipinski definition) is 0. The molecule has 162 valence electrons. The molecule has 2 aromatic carbocycles. The number of carbonyl (C=O) groups is 2. The summed E-state index contributed by atoms with van der Waals surface area (Å²) in [7, 11) is 3.00. The zero-order valence-corrected chi connectivity index (χ0v) is 17.7. The number of imide groups is 1. The average Bonchev–Trinajstić information content (AvgIpc) is 3.03. The second kappa shape index (κ2) is 10.1. The van der Waals surface area contributed by atoms with E-state index in [9.17, 15) is 19.7 Å². The lowest BCUT2D eigenvalue weighted by atomic mass is 10.1. The first-order valence-corrected chi connectivity index (χ1v) is 10.0. The molecule has 1 heterocycles. The normalized spacial score (nSPS) is 14.9. The molecule has 1 aliphatic heterocycles. The van der Waals surface area contributed by atoms with E-state index in [0.29, 0.717) is 22.0 Å². The molecule has 10 heteroatoms. The quantitative estimate of drug-likeness (QED) is 0.326. The van der Waals surface area contributed by atoms with Crippen molar-refractivity contribution >= 4 is 34.7 Å². The van der Waals surface area contributed by atoms with Crippen molar-refractivity contribution in [2.45, 2.75) is 6.61 Å². The minimum Gasteiger partial charge on any atom is -0.493 e. The Kier molecular flexibility index (Phi) is 7.27. The maximum Gasteiger partial charge on any atom is 0.293 e. The van der Waals surface area contributed by atoms with Gasteiger partial charge in [-0.05, 0) is 53.2 Å². The summed E-state index contributed by atoms with van der Waals surface area (Å²) in [6.07, 6.45) is 1.63. The van der Waals surface area contributed by atoms with Crippen LogP contribution in [0.5, 0.6) is 11.5 Å². The number of hydrogen-bond acceptors (Lipinski definition) is 8. The van der Waals surface area contributed by atoms with Crippen molar-refractivity contribution < 1.29 is 28.7 Å². The molecule has 0 N–H and O–H groups in total. The third-order valence-electron chi connectivity index (χ3n) is 4.42. The SMILES string of the molecule is COCCN1C(=O)S/C(=C/c2ccc(OCc3ccc([N+](=O)[O-])cc3)c(OC)c2)C1=O. The van der Waals surface area contributed by atoms with E-state index in [-0.39, 0.29) is 36.6 Å². The van der Waals surface area contributed by atoms with E-state index in [4.69, 9.17) is 14.2 Å². The molecule has 1 aliphatic rings. The minimum absolute atomic E-state index is 0.0114. The van der Waals surface area contributed by atoms with Gasteiger partial charge < -0.3 is 14.2 Å². The van der Waals surface area contributed by atoms with Crippen LogP contribution in [-0.4, -0.2) is 48.3 Å². The average molecular weight is 444 g/mol. The van der Waals surface area contributed by atoms with Gasteiger partial charge in [-0.3, -0.25) is 24.6 Å². The number of methoxy groups -OCH3 is 2. The molecule has 2 aromatic rings. The number of nitro benzene ring substituents is 1. The highest BCUT2D eigenvalue weighted by atomic mass is 32.2. The highest BCUT2D eigenvalue weighted by molar-refractivity contribution is 8.18. The van der Waals surface area contributed by atoms with Gasteiger partial charge in [0.1, 0.15) is 6.61 Å². The largest absolute Gasteiger partial charge is 0.493 e. The number of benzene rings is 2. The van der Waals surface area contributed by atoms with Crippen LogP contribution in [0.4, 0.5) is 10.5 Å². The zero-order valence-electron chi connectivity index (χ0n) is 16.9. The molecule has 0 saturated carbocycles. The maximum atomic E-state index is 12.4. The van der Waals surface area contributed by atoms with Crippen LogP contribution in [0.3, 0.4) is 0 Å². The maximum absolute atomic E-state index is 12.4. The molecule has 9 nitrogen and oxygen atoms in total. The minimum atomic E-state index is -0.460. The number of amides is 2. The van der Waals surface area contributed by atoms with Crippen LogP contribution in [0.1, 0.15) is 11.1 Å². The number of non-ortho nitro benzene ring substituents is 1. The van der Waals surface area contributed by atoms with Crippen LogP contribution >= 0.6 is 11.8 Å². The van der Waals surface area contributed by atoms with E-state index < -0.39 is 4.92 Å². The van der Waals surface area contributed by atoms with Crippen LogP contribution in [0.2, 0.25) is 0 Å². The molecule has 2 amide bonds. The van der Waals surface area contributed by atoms with Gasteiger partial charge in [-0.25, -0.2) is 0 Å². The molecule has 0 bridgehead atoms. The Morgan fingerprint density at radius 2 is 1.84 bits per heavy atom. The van der Waals surface area contributed by atoms with Gasteiger partial charge in [0.05, 0.1) is 30.1 Å². The second-order valence-corrected chi connectivity index (χ2v) is 7.44. The smallest absolute Gasteiger partial charge is 0.293 e. The first kappa shape index (κ1) is 22.3. The Hall–Kier alpha value is -3.37. The van der Waals surface area contributed by atoms with Crippen molar-refractivity contribution in [1.29, 1.82) is 0 Å². The van der Waals surface area contributed by atoms with E-state index >= 15 is 0 Å². The Labute approximate surface area is 182 Å². The molecule has 31 heavy (non-hydrogen) atoms. The van der Waals surface area contributed by atoms with Crippen molar-refractivity contribution in [1.82, 2.24) is 4.90 Å². The monoisotopic (exact) mass is 444 g/mol. The summed E-state index contributed by atoms with van der Waals surface area (Å²) in [5.41, 5.74) is 1.45. The summed E-state index contributed by atoms with van der Waals surface area (Å²) in [6, 6.07) is 11.2. The summed E-state index contributed by atoms with van der Waals surface area (Å²) in [5.74, 6) is 0.574. The fraction of sp³-hybridized carbons (Fsp3) is 0.238. The van der Waals surface area contributed by atoms with Crippen LogP contribution in [0, 0.1) is 10.1 Å². The molecule has 0 aliphatic carbocycles. The molecular formula is C21H20N2O7S. The van der Waals surface area contributed by atoms with Crippen molar-refractivity contribution in [3.63, 3.8) is 0 Å². The van der Waals surface area contributed by atoms with E-state index in [2.05, 4.69) is 0 Å². The third kappa shape index (κ3) is 5.41. The molecular weight excluding hydrogens is 424 g/mol. The Morgan fingerprint density at radius 1 is 1.10 bits per heavy atom. The van der Waals surface area contributed by atoms with Crippen LogP contribution in [-0.2, 0) is 16.1 Å². The van der Waals surface area contributed by atoms with Crippen LogP contribution < -0.4 is 9.47 Å². The molecule has 1 fully saturated rings. The van der Waals surface area contributed by atoms with Gasteiger partial charge in [0, 0.05) is 19.2 Å². The molecule has 0 atom stereocenters. The van der Waals surface area contributed by atoms with Crippen molar-refractivity contribution in [3.05, 3.63) is 68.6 Å². The van der Waals surface area contributed by atoms with Crippen molar-refractivity contribution in [2.24, 2.45) is 0 Å². The predicted molar refractivity (Wildman–Crippen MR) is 115 cm³/mol. The van der Waals surface area contributed by atoms with Gasteiger partial charge in [0.15, 0.2) is 11.5 Å². The van der Waals surface area contributed by atoms with E-state index in [1.54, 1.807) is 36.4 Å². The topological polar surface area (TPSA) is 108 Å². The number of rotatable bonds is 9. The van der Waals surface area contributed by atoms with Crippen molar-refractivity contribution in [3.8, 4) is 11.5 Å². The Morgan fingerprint density at radius 3 is 2.48 bits per heavy atom. The van der Waals surface area contributed by atoms with Gasteiger partial charge >= 0.3 is 0 Å². The van der Waals surface area contributed by atoms with E-state index in [1.165, 1.54) is 26.4 Å². The molecule has 0 radical (unpaired) electrons. The number of nitrogens with zero attached hydrogens (tertiary/aromatic N) is 2. The summed E-state index contributed by atoms with van der Waals surface area (Å²) < 4.78 is 16.1. The van der Waals surface area contributed by atoms with Crippen molar-refractivity contribution in [2.75, 3.05) is 27.4 Å². The highest BCUT2D eigenvalue weighted by Crippen LogP contribution is 2.34. The Bertz CT molecular complexity index is 1020. The summed E-state index contributed by atoms with van der Waals surface area (Å²) in [4.78, 5) is 36.2. The number of nitro groups is 1. The van der Waals surface area contributed by atoms with Gasteiger partial charge in [-0.2, -0.15) is 0 Å². The zero-order chi connectivity index (χ0) is 22.4. The highest BCUT2D eigenvalue weighted by Gasteiger charge is 2.34. The molecule has 3 rings (SSSR count). The lowest BCUT2D eigenvalue weighted by Crippen LogP contribution is -2.31. The first-order valence-electron chi connectivity index (χ1n) is 9.21. The first-order chi connectivity index (χ1) is 14.9. The van der Waals surface area contributed by atoms with Crippen LogP contribution in [0.25, 0.3) is 6.08 Å². The molecule has 0 spiro atoms. The molecule has 1 saturated heterocycles. The summed E-state index contributed by atoms with van der Waals surface area (Å²) in [6.45, 7) is 0.684. The second-order valence-electron chi connectivity index (χ2n) is 6.45. The van der Waals surface area contributed by atoms with Gasteiger partial charge in [0.25, 0.3) is 16.8 Å². The number of carbonyl (C=O) groups excluding carboxylic acids is 2. The summed E-state index contributed by atoms with van der Waals surface area (Å²) in [5, 5.41) is 10.4. The van der Waals surface area contributed by atoms with Gasteiger partial charge in [-0.1, -0.05) is 6.07 Å². The lowest BCUT2D eigenvalue weighted by Gasteiger charge is -2.12. The van der Waals surface area contributed by atoms with Gasteiger partial charge in [0.2, 0.25) is 0 Å². The number of ether oxygens (including phenoxy) is 3. The molecule has 0 aromatic heterocycles. The molecule has 0 unspecified atom stereocenters. The van der Waals surface area contributed by atoms with Crippen LogP contribution in [0.15, 0.2) is 47.4 Å². The lowest BCUT2D eigenvalue weighted by molar-refractivity contribution is -0.384.